The lowest BCUT2D eigenvalue weighted by Gasteiger charge is -2.18. The molecule has 0 fully saturated rings. The van der Waals surface area contributed by atoms with Crippen molar-refractivity contribution in [2.24, 2.45) is 0 Å². The van der Waals surface area contributed by atoms with Gasteiger partial charge in [-0.25, -0.2) is 0 Å². The van der Waals surface area contributed by atoms with E-state index in [4.69, 9.17) is 14.2 Å². The highest BCUT2D eigenvalue weighted by Crippen LogP contribution is 2.38. The topological polar surface area (TPSA) is 47.9 Å². The van der Waals surface area contributed by atoms with Gasteiger partial charge >= 0.3 is 0 Å². The van der Waals surface area contributed by atoms with Crippen molar-refractivity contribution in [2.45, 2.75) is 19.1 Å². The molecule has 1 N–H and O–H groups in total. The van der Waals surface area contributed by atoms with Crippen LogP contribution in [0.2, 0.25) is 0 Å². The third-order valence-electron chi connectivity index (χ3n) is 5.73. The summed E-state index contributed by atoms with van der Waals surface area (Å²) in [6.45, 7) is 1.53. The normalized spacial score (nSPS) is 11.9. The van der Waals surface area contributed by atoms with Gasteiger partial charge in [-0.15, -0.1) is 0 Å². The summed E-state index contributed by atoms with van der Waals surface area (Å²) in [5.41, 5.74) is 4.05. The first-order chi connectivity index (χ1) is 17.2. The molecule has 0 aliphatic heterocycles. The highest BCUT2D eigenvalue weighted by molar-refractivity contribution is 5.52. The van der Waals surface area contributed by atoms with Crippen molar-refractivity contribution in [2.75, 3.05) is 13.7 Å². The van der Waals surface area contributed by atoms with Crippen molar-refractivity contribution < 1.29 is 19.3 Å². The van der Waals surface area contributed by atoms with Gasteiger partial charge in [0.25, 0.3) is 0 Å². The van der Waals surface area contributed by atoms with Crippen LogP contribution in [0.5, 0.6) is 17.2 Å². The van der Waals surface area contributed by atoms with Crippen LogP contribution in [0.3, 0.4) is 0 Å². The monoisotopic (exact) mass is 466 g/mol. The van der Waals surface area contributed by atoms with Crippen molar-refractivity contribution in [3.8, 4) is 17.2 Å². The number of rotatable bonds is 11. The number of phenols is 1. The zero-order valence-corrected chi connectivity index (χ0v) is 19.8. The minimum absolute atomic E-state index is 0.138. The van der Waals surface area contributed by atoms with Crippen LogP contribution in [-0.2, 0) is 18.0 Å². The Morgan fingerprint density at radius 1 is 0.743 bits per heavy atom. The molecule has 0 aliphatic rings. The Kier molecular flexibility index (Phi) is 8.57. The van der Waals surface area contributed by atoms with Gasteiger partial charge in [0.1, 0.15) is 12.4 Å². The van der Waals surface area contributed by atoms with Crippen molar-refractivity contribution in [1.82, 2.24) is 0 Å². The summed E-state index contributed by atoms with van der Waals surface area (Å²) < 4.78 is 17.1. The number of aromatic hydroxyl groups is 1. The summed E-state index contributed by atoms with van der Waals surface area (Å²) in [7, 11) is 1.56. The van der Waals surface area contributed by atoms with E-state index in [9.17, 15) is 5.11 Å². The third kappa shape index (κ3) is 6.75. The van der Waals surface area contributed by atoms with E-state index in [0.717, 1.165) is 28.0 Å². The van der Waals surface area contributed by atoms with Crippen molar-refractivity contribution in [1.29, 1.82) is 0 Å². The summed E-state index contributed by atoms with van der Waals surface area (Å²) in [6.07, 6.45) is 4.05. The molecule has 0 heterocycles. The number of hydrogen-bond acceptors (Lipinski definition) is 4. The molecule has 0 radical (unpaired) electrons. The van der Waals surface area contributed by atoms with E-state index in [-0.39, 0.29) is 11.7 Å². The molecular formula is C31H30O4. The lowest BCUT2D eigenvalue weighted by Crippen LogP contribution is -2.01. The molecule has 0 spiro atoms. The second-order valence-corrected chi connectivity index (χ2v) is 8.15. The Balaban J connectivity index is 1.48. The van der Waals surface area contributed by atoms with E-state index < -0.39 is 0 Å². The summed E-state index contributed by atoms with van der Waals surface area (Å²) in [4.78, 5) is 0. The van der Waals surface area contributed by atoms with E-state index in [1.807, 2.05) is 103 Å². The van der Waals surface area contributed by atoms with E-state index in [1.165, 1.54) is 0 Å². The van der Waals surface area contributed by atoms with Crippen LogP contribution < -0.4 is 9.47 Å². The average Bonchev–Trinajstić information content (AvgIpc) is 2.92. The van der Waals surface area contributed by atoms with Gasteiger partial charge in [-0.2, -0.15) is 0 Å². The number of allylic oxidation sites excluding steroid dienone is 1. The smallest absolute Gasteiger partial charge is 0.161 e. The van der Waals surface area contributed by atoms with E-state index in [1.54, 1.807) is 13.2 Å². The Hall–Kier alpha value is -4.02. The zero-order chi connectivity index (χ0) is 24.3. The van der Waals surface area contributed by atoms with Crippen LogP contribution in [0.25, 0.3) is 0 Å². The van der Waals surface area contributed by atoms with Crippen molar-refractivity contribution in [3.63, 3.8) is 0 Å². The maximum atomic E-state index is 10.8. The van der Waals surface area contributed by atoms with Crippen LogP contribution in [-0.4, -0.2) is 18.8 Å². The minimum Gasteiger partial charge on any atom is -0.504 e. The van der Waals surface area contributed by atoms with Crippen molar-refractivity contribution >= 4 is 0 Å². The predicted octanol–water partition coefficient (Wildman–Crippen LogP) is 6.88. The molecule has 4 aromatic rings. The predicted molar refractivity (Wildman–Crippen MR) is 139 cm³/mol. The zero-order valence-electron chi connectivity index (χ0n) is 19.8. The lowest BCUT2D eigenvalue weighted by molar-refractivity contribution is 0.148. The number of methoxy groups -OCH3 is 1. The molecule has 0 aromatic heterocycles. The average molecular weight is 467 g/mol. The Labute approximate surface area is 207 Å². The molecule has 0 saturated carbocycles. The standard InChI is InChI=1S/C31H30O4/c1-33-30-16-8-14-29(31(30)32)28(15-9-21-34-22-24-10-4-2-5-11-24)26-17-19-27(20-18-26)35-23-25-12-6-3-7-13-25/h2-20,28,32H,21-23H2,1H3/b15-9+/t28-/m1/s1. The first-order valence-electron chi connectivity index (χ1n) is 11.7. The summed E-state index contributed by atoms with van der Waals surface area (Å²) in [5.74, 6) is 1.21. The quantitative estimate of drug-likeness (QED) is 0.193. The molecule has 35 heavy (non-hydrogen) atoms. The number of phenolic OH excluding ortho intramolecular Hbond substituents is 1. The minimum atomic E-state index is -0.173. The number of ether oxygens (including phenoxy) is 3. The molecule has 4 rings (SSSR count). The molecule has 1 atom stereocenters. The largest absolute Gasteiger partial charge is 0.504 e. The molecule has 178 valence electrons. The Morgan fingerprint density at radius 2 is 1.40 bits per heavy atom. The molecule has 0 saturated heterocycles. The molecule has 0 aliphatic carbocycles. The van der Waals surface area contributed by atoms with Gasteiger partial charge in [0.15, 0.2) is 11.5 Å². The maximum absolute atomic E-state index is 10.8. The summed E-state index contributed by atoms with van der Waals surface area (Å²) in [5, 5.41) is 10.8. The van der Waals surface area contributed by atoms with Crippen LogP contribution in [0.1, 0.15) is 28.2 Å². The fraction of sp³-hybridized carbons (Fsp3) is 0.161. The molecule has 4 nitrogen and oxygen atoms in total. The van der Waals surface area contributed by atoms with Crippen molar-refractivity contribution in [3.05, 3.63) is 138 Å². The first kappa shape index (κ1) is 24.1. The maximum Gasteiger partial charge on any atom is 0.161 e. The van der Waals surface area contributed by atoms with E-state index in [2.05, 4.69) is 6.08 Å². The molecule has 4 aromatic carbocycles. The third-order valence-corrected chi connectivity index (χ3v) is 5.73. The van der Waals surface area contributed by atoms with Crippen LogP contribution in [0.15, 0.2) is 115 Å². The summed E-state index contributed by atoms with van der Waals surface area (Å²) in [6, 6.07) is 33.7. The highest BCUT2D eigenvalue weighted by atomic mass is 16.5. The SMILES string of the molecule is COc1cccc([C@H](/C=C/COCc2ccccc2)c2ccc(OCc3ccccc3)cc2)c1O. The molecule has 0 unspecified atom stereocenters. The fourth-order valence-electron chi connectivity index (χ4n) is 3.87. The van der Waals surface area contributed by atoms with E-state index in [0.29, 0.717) is 25.6 Å². The van der Waals surface area contributed by atoms with Gasteiger partial charge in [0.2, 0.25) is 0 Å². The molecule has 4 heteroatoms. The Morgan fingerprint density at radius 3 is 2.06 bits per heavy atom. The number of benzene rings is 4. The molecular weight excluding hydrogens is 436 g/mol. The number of para-hydroxylation sites is 1. The van der Waals surface area contributed by atoms with Crippen LogP contribution in [0, 0.1) is 0 Å². The second kappa shape index (κ2) is 12.4. The van der Waals surface area contributed by atoms with Gasteiger partial charge in [0.05, 0.1) is 20.3 Å². The Bertz CT molecular complexity index is 1200. The number of hydrogen-bond donors (Lipinski definition) is 1. The van der Waals surface area contributed by atoms with Gasteiger partial charge in [-0.1, -0.05) is 97.1 Å². The molecule has 0 amide bonds. The first-order valence-corrected chi connectivity index (χ1v) is 11.7. The second-order valence-electron chi connectivity index (χ2n) is 8.15. The van der Waals surface area contributed by atoms with E-state index >= 15 is 0 Å². The lowest BCUT2D eigenvalue weighted by atomic mass is 9.90. The molecule has 0 bridgehead atoms. The summed E-state index contributed by atoms with van der Waals surface area (Å²) >= 11 is 0. The van der Waals surface area contributed by atoms with Gasteiger partial charge in [-0.3, -0.25) is 0 Å². The highest BCUT2D eigenvalue weighted by Gasteiger charge is 2.18. The van der Waals surface area contributed by atoms with Gasteiger partial charge in [-0.05, 0) is 34.9 Å². The van der Waals surface area contributed by atoms with Gasteiger partial charge < -0.3 is 19.3 Å². The van der Waals surface area contributed by atoms with Crippen LogP contribution in [0.4, 0.5) is 0 Å². The van der Waals surface area contributed by atoms with Crippen LogP contribution >= 0.6 is 0 Å². The fourth-order valence-corrected chi connectivity index (χ4v) is 3.87. The van der Waals surface area contributed by atoms with Gasteiger partial charge in [0, 0.05) is 11.5 Å².